The maximum atomic E-state index is 3.67. The predicted molar refractivity (Wildman–Crippen MR) is 174 cm³/mol. The zero-order chi connectivity index (χ0) is 26.7. The van der Waals surface area contributed by atoms with E-state index >= 15 is 0 Å². The zero-order valence-corrected chi connectivity index (χ0v) is 29.1. The van der Waals surface area contributed by atoms with Gasteiger partial charge in [-0.05, 0) is 55.5 Å². The van der Waals surface area contributed by atoms with Gasteiger partial charge in [0.25, 0.3) is 0 Å². The van der Waals surface area contributed by atoms with E-state index in [-0.39, 0.29) is 0 Å². The Morgan fingerprint density at radius 2 is 0.538 bits per heavy atom. The van der Waals surface area contributed by atoms with Crippen molar-refractivity contribution in [1.29, 1.82) is 0 Å². The maximum absolute atomic E-state index is 3.67. The summed E-state index contributed by atoms with van der Waals surface area (Å²) < 4.78 is 0.883. The van der Waals surface area contributed by atoms with E-state index in [1.165, 1.54) is 68.3 Å². The van der Waals surface area contributed by atoms with Crippen LogP contribution in [0.3, 0.4) is 0 Å². The number of hydrogen-bond donors (Lipinski definition) is 0. The van der Waals surface area contributed by atoms with E-state index in [0.29, 0.717) is 15.8 Å². The van der Waals surface area contributed by atoms with E-state index in [9.17, 15) is 0 Å². The van der Waals surface area contributed by atoms with Gasteiger partial charge in [-0.1, -0.05) is 65.7 Å². The molecule has 6 rings (SSSR count). The van der Waals surface area contributed by atoms with E-state index in [2.05, 4.69) is 19.2 Å². The van der Waals surface area contributed by atoms with Crippen LogP contribution in [0.2, 0.25) is 4.39 Å². The first-order valence-electron chi connectivity index (χ1n) is 18.4. The summed E-state index contributed by atoms with van der Waals surface area (Å²) in [5.41, 5.74) is 7.02. The van der Waals surface area contributed by atoms with Crippen LogP contribution in [0, 0.1) is 0 Å². The first-order valence-corrected chi connectivity index (χ1v) is 22.4. The van der Waals surface area contributed by atoms with Crippen molar-refractivity contribution >= 4 is 15.8 Å². The summed E-state index contributed by atoms with van der Waals surface area (Å²) in [6.07, 6.45) is 45.3. The second kappa shape index (κ2) is 17.7. The standard InChI is InChI=1S/C18H33P.C18H32P.Pd/c2*1-4-10-16(11-5-1)19(17-12-6-2-7-13-17)18-14-8-3-9-15-18;/h16-18H,1-15H2;4,16-18H,1-3,5-15H2;. The molecule has 0 N–H and O–H groups in total. The molecule has 6 aliphatic carbocycles. The second-order valence-corrected chi connectivity index (χ2v) is 22.2. The number of hydrogen-bond acceptors (Lipinski definition) is 0. The van der Waals surface area contributed by atoms with Crippen molar-refractivity contribution in [3.8, 4) is 0 Å². The molecule has 229 valence electrons. The first-order chi connectivity index (χ1) is 19.3. The summed E-state index contributed by atoms with van der Waals surface area (Å²) in [6, 6.07) is 0. The molecular formula is C36H65P2Pd. The molecule has 0 aromatic rings. The third kappa shape index (κ3) is 9.76. The molecule has 0 aromatic carbocycles. The summed E-state index contributed by atoms with van der Waals surface area (Å²) >= 11 is 3.67. The Labute approximate surface area is 258 Å². The molecule has 0 aromatic heterocycles. The molecule has 6 saturated carbocycles. The third-order valence-electron chi connectivity index (χ3n) is 12.0. The van der Waals surface area contributed by atoms with Crippen molar-refractivity contribution in [2.75, 3.05) is 0 Å². The second-order valence-electron chi connectivity index (χ2n) is 14.7. The Balaban J connectivity index is 0.000000158. The van der Waals surface area contributed by atoms with Gasteiger partial charge in [0, 0.05) is 0 Å². The van der Waals surface area contributed by atoms with Gasteiger partial charge in [0.05, 0.1) is 0 Å². The molecule has 0 spiro atoms. The van der Waals surface area contributed by atoms with E-state index in [1.54, 1.807) is 135 Å². The van der Waals surface area contributed by atoms with Crippen LogP contribution in [0.4, 0.5) is 0 Å². The van der Waals surface area contributed by atoms with Gasteiger partial charge in [-0.25, -0.2) is 0 Å². The number of rotatable bonds is 6. The van der Waals surface area contributed by atoms with Crippen molar-refractivity contribution in [1.82, 2.24) is 0 Å². The van der Waals surface area contributed by atoms with Crippen molar-refractivity contribution in [2.45, 2.75) is 225 Å². The van der Waals surface area contributed by atoms with Crippen LogP contribution in [-0.4, -0.2) is 34.0 Å². The average Bonchev–Trinajstić information content (AvgIpc) is 3.01. The molecule has 3 heteroatoms. The Kier molecular flexibility index (Phi) is 14.5. The monoisotopic (exact) mass is 665 g/mol. The summed E-state index contributed by atoms with van der Waals surface area (Å²) in [5.74, 6) is 0. The molecule has 0 radical (unpaired) electrons. The van der Waals surface area contributed by atoms with Gasteiger partial charge in [-0.15, -0.1) is 0 Å². The van der Waals surface area contributed by atoms with Gasteiger partial charge in [-0.2, -0.15) is 0 Å². The van der Waals surface area contributed by atoms with Crippen molar-refractivity contribution in [2.24, 2.45) is 0 Å². The summed E-state index contributed by atoms with van der Waals surface area (Å²) in [4.78, 5) is 0. The fraction of sp³-hybridized carbons (Fsp3) is 1.00. The first kappa shape index (κ1) is 31.9. The SMILES string of the molecule is C1CCC(P(C2CCCCC2)C2CCCCC2)CC1.[Pd][CH]1CCCC(P(C2CCCCC2)C2CCCCC2)C1. The Bertz CT molecular complexity index is 578. The van der Waals surface area contributed by atoms with Crippen LogP contribution in [0.25, 0.3) is 0 Å². The van der Waals surface area contributed by atoms with E-state index in [1.807, 2.05) is 0 Å². The molecular weight excluding hydrogens is 601 g/mol. The normalized spacial score (nSPS) is 31.8. The van der Waals surface area contributed by atoms with Crippen LogP contribution >= 0.6 is 15.8 Å². The summed E-state index contributed by atoms with van der Waals surface area (Å²) in [6.45, 7) is 0. The van der Waals surface area contributed by atoms with Gasteiger partial charge in [-0.3, -0.25) is 0 Å². The molecule has 6 aliphatic rings. The quantitative estimate of drug-likeness (QED) is 0.196. The van der Waals surface area contributed by atoms with Crippen LogP contribution < -0.4 is 0 Å². The summed E-state index contributed by atoms with van der Waals surface area (Å²) in [5, 5.41) is 0. The Morgan fingerprint density at radius 3 is 0.821 bits per heavy atom. The van der Waals surface area contributed by atoms with Gasteiger partial charge < -0.3 is 0 Å². The van der Waals surface area contributed by atoms with Crippen LogP contribution in [0.5, 0.6) is 0 Å². The van der Waals surface area contributed by atoms with E-state index < -0.39 is 0 Å². The van der Waals surface area contributed by atoms with Gasteiger partial charge in [0.15, 0.2) is 0 Å². The molecule has 39 heavy (non-hydrogen) atoms. The molecule has 0 saturated heterocycles. The molecule has 6 fully saturated rings. The van der Waals surface area contributed by atoms with Gasteiger partial charge >= 0.3 is 138 Å². The van der Waals surface area contributed by atoms with E-state index in [0.717, 1.165) is 21.4 Å². The molecule has 2 unspecified atom stereocenters. The molecule has 2 atom stereocenters. The topological polar surface area (TPSA) is 0 Å². The van der Waals surface area contributed by atoms with Crippen molar-refractivity contribution < 1.29 is 19.2 Å². The minimum atomic E-state index is 0.334. The fourth-order valence-corrected chi connectivity index (χ4v) is 20.4. The average molecular weight is 666 g/mol. The predicted octanol–water partition coefficient (Wildman–Crippen LogP) is 12.9. The van der Waals surface area contributed by atoms with Gasteiger partial charge in [0.2, 0.25) is 0 Å². The van der Waals surface area contributed by atoms with E-state index in [4.69, 9.17) is 0 Å². The Morgan fingerprint density at radius 1 is 0.282 bits per heavy atom. The summed E-state index contributed by atoms with van der Waals surface area (Å²) in [7, 11) is 0.719. The molecule has 0 amide bonds. The molecule has 0 bridgehead atoms. The zero-order valence-electron chi connectivity index (χ0n) is 25.8. The molecule has 0 nitrogen and oxygen atoms in total. The van der Waals surface area contributed by atoms with Crippen LogP contribution in [-0.2, 0) is 19.2 Å². The van der Waals surface area contributed by atoms with Crippen molar-refractivity contribution in [3.63, 3.8) is 0 Å². The van der Waals surface area contributed by atoms with Gasteiger partial charge in [0.1, 0.15) is 0 Å². The van der Waals surface area contributed by atoms with Crippen LogP contribution in [0.1, 0.15) is 186 Å². The Hall–Kier alpha value is 1.52. The van der Waals surface area contributed by atoms with Crippen LogP contribution in [0.15, 0.2) is 0 Å². The fourth-order valence-electron chi connectivity index (χ4n) is 10.0. The van der Waals surface area contributed by atoms with Crippen molar-refractivity contribution in [3.05, 3.63) is 0 Å². The third-order valence-corrected chi connectivity index (χ3v) is 20.9. The molecule has 0 heterocycles. The molecule has 0 aliphatic heterocycles. The minimum absolute atomic E-state index is 0.334.